The molecule has 3 heteroatoms. The highest BCUT2D eigenvalue weighted by Gasteiger charge is 2.18. The molecule has 1 aromatic rings. The lowest BCUT2D eigenvalue weighted by Crippen LogP contribution is -2.24. The smallest absolute Gasteiger partial charge is 0.150 e. The molecule has 1 aromatic carbocycles. The molecule has 0 bridgehead atoms. The van der Waals surface area contributed by atoms with Gasteiger partial charge < -0.3 is 4.90 Å². The number of benzene rings is 1. The lowest BCUT2D eigenvalue weighted by Gasteiger charge is -2.24. The van der Waals surface area contributed by atoms with Crippen LogP contribution in [-0.2, 0) is 0 Å². The quantitative estimate of drug-likeness (QED) is 0.750. The second-order valence-electron chi connectivity index (χ2n) is 5.40. The van der Waals surface area contributed by atoms with Crippen LogP contribution in [0.3, 0.4) is 0 Å². The monoisotopic (exact) mass is 323 g/mol. The summed E-state index contributed by atoms with van der Waals surface area (Å²) in [6.07, 6.45) is 7.46. The molecule has 1 saturated heterocycles. The Hall–Kier alpha value is -0.830. The minimum Gasteiger partial charge on any atom is -0.371 e. The van der Waals surface area contributed by atoms with Crippen molar-refractivity contribution in [2.24, 2.45) is 5.92 Å². The van der Waals surface area contributed by atoms with Gasteiger partial charge in [-0.05, 0) is 59.3 Å². The molecular weight excluding hydrogens is 302 g/mol. The van der Waals surface area contributed by atoms with Crippen LogP contribution in [0.5, 0.6) is 0 Å². The van der Waals surface area contributed by atoms with E-state index in [1.54, 1.807) is 0 Å². The van der Waals surface area contributed by atoms with Crippen LogP contribution < -0.4 is 4.90 Å². The van der Waals surface area contributed by atoms with E-state index in [1.807, 2.05) is 12.1 Å². The van der Waals surface area contributed by atoms with Gasteiger partial charge in [-0.15, -0.1) is 0 Å². The topological polar surface area (TPSA) is 20.3 Å². The zero-order valence-electron chi connectivity index (χ0n) is 11.6. The summed E-state index contributed by atoms with van der Waals surface area (Å²) in [6, 6.07) is 5.88. The second kappa shape index (κ2) is 7.09. The van der Waals surface area contributed by atoms with Crippen molar-refractivity contribution in [3.8, 4) is 0 Å². The molecule has 1 heterocycles. The van der Waals surface area contributed by atoms with E-state index in [0.29, 0.717) is 0 Å². The summed E-state index contributed by atoms with van der Waals surface area (Å²) in [5.74, 6) is 0.892. The Kier molecular flexibility index (Phi) is 5.44. The van der Waals surface area contributed by atoms with Gasteiger partial charge in [0.15, 0.2) is 0 Å². The van der Waals surface area contributed by atoms with Crippen molar-refractivity contribution >= 4 is 27.9 Å². The Morgan fingerprint density at radius 2 is 2.21 bits per heavy atom. The summed E-state index contributed by atoms with van der Waals surface area (Å²) in [6.45, 7) is 4.53. The third-order valence-corrected chi connectivity index (χ3v) is 4.63. The summed E-state index contributed by atoms with van der Waals surface area (Å²) in [5, 5.41) is 0. The van der Waals surface area contributed by atoms with E-state index < -0.39 is 0 Å². The third kappa shape index (κ3) is 3.82. The van der Waals surface area contributed by atoms with Gasteiger partial charge in [-0.3, -0.25) is 4.79 Å². The van der Waals surface area contributed by atoms with Crippen molar-refractivity contribution < 1.29 is 4.79 Å². The van der Waals surface area contributed by atoms with Crippen molar-refractivity contribution in [2.45, 2.75) is 39.0 Å². The lowest BCUT2D eigenvalue weighted by atomic mass is 9.96. The van der Waals surface area contributed by atoms with E-state index in [2.05, 4.69) is 33.8 Å². The van der Waals surface area contributed by atoms with Crippen molar-refractivity contribution in [3.05, 3.63) is 28.2 Å². The van der Waals surface area contributed by atoms with Gasteiger partial charge in [0.25, 0.3) is 0 Å². The van der Waals surface area contributed by atoms with Crippen LogP contribution in [0.15, 0.2) is 22.7 Å². The summed E-state index contributed by atoms with van der Waals surface area (Å²) in [4.78, 5) is 13.2. The molecule has 0 aromatic heterocycles. The van der Waals surface area contributed by atoms with Crippen molar-refractivity contribution in [2.75, 3.05) is 18.0 Å². The molecule has 0 aliphatic carbocycles. The summed E-state index contributed by atoms with van der Waals surface area (Å²) >= 11 is 3.59. The third-order valence-electron chi connectivity index (χ3n) is 3.99. The summed E-state index contributed by atoms with van der Waals surface area (Å²) in [7, 11) is 0. The normalized spacial score (nSPS) is 20.1. The molecule has 0 N–H and O–H groups in total. The van der Waals surface area contributed by atoms with Crippen LogP contribution in [0.2, 0.25) is 0 Å². The van der Waals surface area contributed by atoms with E-state index >= 15 is 0 Å². The standard InChI is InChI=1S/C16H22BrNO/c1-2-4-13-5-3-9-18(10-8-13)16-7-6-14(12-19)11-15(16)17/h6-7,11-13H,2-5,8-10H2,1H3. The van der Waals surface area contributed by atoms with Crippen molar-refractivity contribution in [3.63, 3.8) is 0 Å². The number of hydrogen-bond donors (Lipinski definition) is 0. The number of nitrogens with zero attached hydrogens (tertiary/aromatic N) is 1. The van der Waals surface area contributed by atoms with Gasteiger partial charge in [-0.1, -0.05) is 19.8 Å². The zero-order chi connectivity index (χ0) is 13.7. The maximum atomic E-state index is 10.8. The van der Waals surface area contributed by atoms with Crippen LogP contribution in [-0.4, -0.2) is 19.4 Å². The first-order valence-electron chi connectivity index (χ1n) is 7.24. The number of halogens is 1. The number of anilines is 1. The minimum atomic E-state index is 0.731. The maximum Gasteiger partial charge on any atom is 0.150 e. The van der Waals surface area contributed by atoms with Gasteiger partial charge in [-0.25, -0.2) is 0 Å². The number of hydrogen-bond acceptors (Lipinski definition) is 2. The van der Waals surface area contributed by atoms with Gasteiger partial charge in [0.1, 0.15) is 6.29 Å². The molecule has 1 fully saturated rings. The fourth-order valence-electron chi connectivity index (χ4n) is 2.96. The Morgan fingerprint density at radius 3 is 2.89 bits per heavy atom. The maximum absolute atomic E-state index is 10.8. The van der Waals surface area contributed by atoms with Gasteiger partial charge >= 0.3 is 0 Å². The second-order valence-corrected chi connectivity index (χ2v) is 6.26. The molecule has 1 atom stereocenters. The van der Waals surface area contributed by atoms with Crippen LogP contribution in [0.1, 0.15) is 49.4 Å². The fourth-order valence-corrected chi connectivity index (χ4v) is 3.60. The summed E-state index contributed by atoms with van der Waals surface area (Å²) < 4.78 is 1.03. The molecule has 104 valence electrons. The van der Waals surface area contributed by atoms with Crippen LogP contribution >= 0.6 is 15.9 Å². The summed E-state index contributed by atoms with van der Waals surface area (Å²) in [5.41, 5.74) is 1.96. The average molecular weight is 324 g/mol. The highest BCUT2D eigenvalue weighted by atomic mass is 79.9. The molecule has 1 aliphatic rings. The Morgan fingerprint density at radius 1 is 1.37 bits per heavy atom. The Balaban J connectivity index is 2.07. The van der Waals surface area contributed by atoms with Gasteiger partial charge in [0, 0.05) is 23.1 Å². The van der Waals surface area contributed by atoms with E-state index in [4.69, 9.17) is 0 Å². The number of rotatable bonds is 4. The highest BCUT2D eigenvalue weighted by Crippen LogP contribution is 2.31. The molecule has 19 heavy (non-hydrogen) atoms. The Bertz CT molecular complexity index is 433. The van der Waals surface area contributed by atoms with Gasteiger partial charge in [0.05, 0.1) is 5.69 Å². The minimum absolute atomic E-state index is 0.731. The highest BCUT2D eigenvalue weighted by molar-refractivity contribution is 9.10. The zero-order valence-corrected chi connectivity index (χ0v) is 13.2. The lowest BCUT2D eigenvalue weighted by molar-refractivity contribution is 0.112. The largest absolute Gasteiger partial charge is 0.371 e. The fraction of sp³-hybridized carbons (Fsp3) is 0.562. The molecule has 1 unspecified atom stereocenters. The molecule has 0 amide bonds. The number of aldehydes is 1. The van der Waals surface area contributed by atoms with Crippen LogP contribution in [0.25, 0.3) is 0 Å². The first kappa shape index (κ1) is 14.6. The first-order chi connectivity index (χ1) is 9.24. The van der Waals surface area contributed by atoms with E-state index in [9.17, 15) is 4.79 Å². The van der Waals surface area contributed by atoms with E-state index in [1.165, 1.54) is 37.8 Å². The van der Waals surface area contributed by atoms with E-state index in [0.717, 1.165) is 35.3 Å². The molecule has 0 spiro atoms. The van der Waals surface area contributed by atoms with Crippen LogP contribution in [0, 0.1) is 5.92 Å². The molecule has 0 saturated carbocycles. The molecule has 0 radical (unpaired) electrons. The van der Waals surface area contributed by atoms with E-state index in [-0.39, 0.29) is 0 Å². The van der Waals surface area contributed by atoms with Crippen molar-refractivity contribution in [1.29, 1.82) is 0 Å². The first-order valence-corrected chi connectivity index (χ1v) is 8.03. The molecular formula is C16H22BrNO. The van der Waals surface area contributed by atoms with Crippen LogP contribution in [0.4, 0.5) is 5.69 Å². The van der Waals surface area contributed by atoms with Gasteiger partial charge in [0.2, 0.25) is 0 Å². The predicted molar refractivity (Wildman–Crippen MR) is 84.0 cm³/mol. The average Bonchev–Trinajstić information content (AvgIpc) is 2.65. The Labute approximate surface area is 124 Å². The SMILES string of the molecule is CCCC1CCCN(c2ccc(C=O)cc2Br)CC1. The molecule has 1 aliphatic heterocycles. The van der Waals surface area contributed by atoms with Crippen molar-refractivity contribution in [1.82, 2.24) is 0 Å². The number of carbonyl (C=O) groups is 1. The number of carbonyl (C=O) groups excluding carboxylic acids is 1. The molecule has 2 rings (SSSR count). The predicted octanol–water partition coefficient (Wildman–Crippen LogP) is 4.67. The van der Waals surface area contributed by atoms with Gasteiger partial charge in [-0.2, -0.15) is 0 Å². The molecule has 2 nitrogen and oxygen atoms in total.